The van der Waals surface area contributed by atoms with Gasteiger partial charge in [-0.15, -0.1) is 4.40 Å². The Morgan fingerprint density at radius 2 is 1.90 bits per heavy atom. The fourth-order valence-corrected chi connectivity index (χ4v) is 4.66. The van der Waals surface area contributed by atoms with Crippen LogP contribution in [0.2, 0.25) is 0 Å². The number of anilines is 1. The number of hydrogen-bond acceptors (Lipinski definition) is 5. The van der Waals surface area contributed by atoms with Crippen LogP contribution < -0.4 is 10.6 Å². The molecule has 152 valence electrons. The third-order valence-corrected chi connectivity index (χ3v) is 6.22. The van der Waals surface area contributed by atoms with Gasteiger partial charge in [0, 0.05) is 29.8 Å². The van der Waals surface area contributed by atoms with Crippen LogP contribution in [0.1, 0.15) is 15.9 Å². The van der Waals surface area contributed by atoms with E-state index in [-0.39, 0.29) is 23.2 Å². The molecule has 8 nitrogen and oxygen atoms in total. The van der Waals surface area contributed by atoms with Crippen molar-refractivity contribution in [1.82, 2.24) is 10.2 Å². The number of sulfonamides is 1. The zero-order valence-electron chi connectivity index (χ0n) is 15.8. The van der Waals surface area contributed by atoms with Crippen LogP contribution in [0.25, 0.3) is 0 Å². The van der Waals surface area contributed by atoms with E-state index >= 15 is 0 Å². The SMILES string of the molecule is CN(C)C(=O)c1ccccc1CCNC(=O)C1=NS(=O)(=O)c2cc(I)ccc2N1. The van der Waals surface area contributed by atoms with Gasteiger partial charge in [-0.05, 0) is 58.8 Å². The molecule has 0 unspecified atom stereocenters. The lowest BCUT2D eigenvalue weighted by Crippen LogP contribution is -2.39. The lowest BCUT2D eigenvalue weighted by molar-refractivity contribution is -0.114. The molecule has 0 fully saturated rings. The first-order chi connectivity index (χ1) is 13.7. The van der Waals surface area contributed by atoms with Crippen molar-refractivity contribution in [3.63, 3.8) is 0 Å². The number of hydrogen-bond donors (Lipinski definition) is 2. The van der Waals surface area contributed by atoms with E-state index in [1.165, 1.54) is 11.0 Å². The van der Waals surface area contributed by atoms with Gasteiger partial charge < -0.3 is 15.5 Å². The predicted octanol–water partition coefficient (Wildman–Crippen LogP) is 1.86. The highest BCUT2D eigenvalue weighted by Crippen LogP contribution is 2.28. The number of carbonyl (C=O) groups is 2. The molecule has 0 radical (unpaired) electrons. The van der Waals surface area contributed by atoms with Crippen LogP contribution in [0, 0.1) is 3.57 Å². The molecule has 0 aromatic heterocycles. The van der Waals surface area contributed by atoms with Gasteiger partial charge in [0.05, 0.1) is 5.69 Å². The molecule has 1 aliphatic rings. The van der Waals surface area contributed by atoms with Crippen LogP contribution in [0.4, 0.5) is 5.69 Å². The number of benzene rings is 2. The molecule has 0 saturated heterocycles. The molecule has 0 aliphatic carbocycles. The summed E-state index contributed by atoms with van der Waals surface area (Å²) < 4.78 is 29.1. The van der Waals surface area contributed by atoms with Crippen LogP contribution in [-0.4, -0.2) is 51.6 Å². The summed E-state index contributed by atoms with van der Waals surface area (Å²) in [4.78, 5) is 26.2. The average Bonchev–Trinajstić information content (AvgIpc) is 2.67. The standard InChI is InChI=1S/C19H19IN4O4S/c1-24(2)19(26)14-6-4-3-5-12(14)9-10-21-18(25)17-22-15-8-7-13(20)11-16(15)29(27,28)23-17/h3-8,11H,9-10H2,1-2H3,(H,21,25)(H,22,23). The number of fused-ring (bicyclic) bond motifs is 1. The lowest BCUT2D eigenvalue weighted by Gasteiger charge is -2.18. The van der Waals surface area contributed by atoms with Gasteiger partial charge in [-0.2, -0.15) is 8.42 Å². The molecular weight excluding hydrogens is 507 g/mol. The average molecular weight is 526 g/mol. The summed E-state index contributed by atoms with van der Waals surface area (Å²) in [6.07, 6.45) is 0.413. The smallest absolute Gasteiger partial charge is 0.287 e. The summed E-state index contributed by atoms with van der Waals surface area (Å²) in [5, 5.41) is 5.42. The van der Waals surface area contributed by atoms with E-state index in [2.05, 4.69) is 15.0 Å². The van der Waals surface area contributed by atoms with Crippen molar-refractivity contribution < 1.29 is 18.0 Å². The van der Waals surface area contributed by atoms with Gasteiger partial charge in [-0.1, -0.05) is 18.2 Å². The van der Waals surface area contributed by atoms with E-state index in [9.17, 15) is 18.0 Å². The summed E-state index contributed by atoms with van der Waals surface area (Å²) in [6, 6.07) is 12.0. The Morgan fingerprint density at radius 1 is 1.17 bits per heavy atom. The first kappa shape index (κ1) is 21.2. The highest BCUT2D eigenvalue weighted by molar-refractivity contribution is 14.1. The van der Waals surface area contributed by atoms with Crippen LogP contribution in [0.15, 0.2) is 51.8 Å². The van der Waals surface area contributed by atoms with Gasteiger partial charge in [0.15, 0.2) is 0 Å². The molecule has 2 aromatic carbocycles. The maximum absolute atomic E-state index is 12.4. The Kier molecular flexibility index (Phi) is 6.22. The molecule has 0 spiro atoms. The van der Waals surface area contributed by atoms with E-state index in [4.69, 9.17) is 0 Å². The molecule has 0 bridgehead atoms. The van der Waals surface area contributed by atoms with Gasteiger partial charge in [0.2, 0.25) is 5.84 Å². The monoisotopic (exact) mass is 526 g/mol. The Hall–Kier alpha value is -2.47. The molecule has 2 amide bonds. The molecule has 1 aliphatic heterocycles. The minimum atomic E-state index is -3.95. The van der Waals surface area contributed by atoms with Gasteiger partial charge in [-0.3, -0.25) is 9.59 Å². The Balaban J connectivity index is 1.70. The number of halogens is 1. The van der Waals surface area contributed by atoms with Crippen molar-refractivity contribution in [2.24, 2.45) is 4.40 Å². The molecule has 10 heteroatoms. The zero-order chi connectivity index (χ0) is 21.2. The van der Waals surface area contributed by atoms with E-state index in [1.807, 2.05) is 34.7 Å². The number of rotatable bonds is 5. The Bertz CT molecular complexity index is 1110. The summed E-state index contributed by atoms with van der Waals surface area (Å²) in [6.45, 7) is 0.219. The fourth-order valence-electron chi connectivity index (χ4n) is 2.81. The second-order valence-electron chi connectivity index (χ2n) is 6.54. The largest absolute Gasteiger partial charge is 0.349 e. The van der Waals surface area contributed by atoms with E-state index in [0.29, 0.717) is 17.7 Å². The van der Waals surface area contributed by atoms with E-state index in [0.717, 1.165) is 9.13 Å². The summed E-state index contributed by atoms with van der Waals surface area (Å²) in [5.41, 5.74) is 1.66. The third kappa shape index (κ3) is 4.75. The highest BCUT2D eigenvalue weighted by Gasteiger charge is 2.28. The summed E-state index contributed by atoms with van der Waals surface area (Å²) in [7, 11) is -0.606. The van der Waals surface area contributed by atoms with Gasteiger partial charge >= 0.3 is 0 Å². The zero-order valence-corrected chi connectivity index (χ0v) is 18.7. The van der Waals surface area contributed by atoms with Crippen molar-refractivity contribution in [2.45, 2.75) is 11.3 Å². The Morgan fingerprint density at radius 3 is 2.62 bits per heavy atom. The molecular formula is C19H19IN4O4S. The number of nitrogens with one attached hydrogen (secondary N) is 2. The quantitative estimate of drug-likeness (QED) is 0.579. The molecule has 1 heterocycles. The maximum Gasteiger partial charge on any atom is 0.287 e. The first-order valence-electron chi connectivity index (χ1n) is 8.68. The van der Waals surface area contributed by atoms with Crippen molar-refractivity contribution in [2.75, 3.05) is 26.0 Å². The molecule has 29 heavy (non-hydrogen) atoms. The van der Waals surface area contributed by atoms with Crippen molar-refractivity contribution in [1.29, 1.82) is 0 Å². The fraction of sp³-hybridized carbons (Fsp3) is 0.211. The molecule has 2 aromatic rings. The second kappa shape index (κ2) is 8.49. The van der Waals surface area contributed by atoms with Gasteiger partial charge in [-0.25, -0.2) is 0 Å². The minimum absolute atomic E-state index is 0.0390. The second-order valence-corrected chi connectivity index (χ2v) is 9.36. The molecule has 0 saturated carbocycles. The van der Waals surface area contributed by atoms with Crippen molar-refractivity contribution in [3.8, 4) is 0 Å². The van der Waals surface area contributed by atoms with Crippen molar-refractivity contribution in [3.05, 3.63) is 57.2 Å². The number of amides is 2. The van der Waals surface area contributed by atoms with Crippen LogP contribution >= 0.6 is 22.6 Å². The van der Waals surface area contributed by atoms with E-state index < -0.39 is 15.9 Å². The maximum atomic E-state index is 12.4. The predicted molar refractivity (Wildman–Crippen MR) is 119 cm³/mol. The van der Waals surface area contributed by atoms with Crippen molar-refractivity contribution >= 4 is 56.0 Å². The first-order valence-corrected chi connectivity index (χ1v) is 11.2. The number of nitrogens with zero attached hydrogens (tertiary/aromatic N) is 2. The topological polar surface area (TPSA) is 108 Å². The summed E-state index contributed by atoms with van der Waals surface area (Å²) in [5.74, 6) is -1.03. The molecule has 3 rings (SSSR count). The highest BCUT2D eigenvalue weighted by atomic mass is 127. The summed E-state index contributed by atoms with van der Waals surface area (Å²) >= 11 is 2.01. The Labute approximate surface area is 182 Å². The molecule has 2 N–H and O–H groups in total. The number of amidine groups is 1. The van der Waals surface area contributed by atoms with Crippen LogP contribution in [-0.2, 0) is 21.2 Å². The third-order valence-electron chi connectivity index (χ3n) is 4.24. The lowest BCUT2D eigenvalue weighted by atomic mass is 10.0. The minimum Gasteiger partial charge on any atom is -0.349 e. The van der Waals surface area contributed by atoms with Gasteiger partial charge in [0.25, 0.3) is 21.8 Å². The normalized spacial score (nSPS) is 14.2. The van der Waals surface area contributed by atoms with Crippen LogP contribution in [0.5, 0.6) is 0 Å². The van der Waals surface area contributed by atoms with Crippen LogP contribution in [0.3, 0.4) is 0 Å². The molecule has 0 atom stereocenters. The van der Waals surface area contributed by atoms with Gasteiger partial charge in [0.1, 0.15) is 4.90 Å². The number of carbonyl (C=O) groups excluding carboxylic acids is 2. The van der Waals surface area contributed by atoms with E-state index in [1.54, 1.807) is 38.4 Å².